The average molecular weight is 391 g/mol. The van der Waals surface area contributed by atoms with Gasteiger partial charge in [-0.1, -0.05) is 36.4 Å². The molecular formula is C23H25N3O3. The zero-order chi connectivity index (χ0) is 20.3. The first-order valence-electron chi connectivity index (χ1n) is 9.66. The van der Waals surface area contributed by atoms with Crippen molar-refractivity contribution in [2.75, 3.05) is 32.9 Å². The van der Waals surface area contributed by atoms with E-state index in [2.05, 4.69) is 22.3 Å². The fourth-order valence-corrected chi connectivity index (χ4v) is 3.07. The van der Waals surface area contributed by atoms with E-state index in [0.717, 1.165) is 44.0 Å². The minimum Gasteiger partial charge on any atom is -0.479 e. The number of ether oxygens (including phenoxy) is 2. The SMILES string of the molecule is N#CCOc1ccc(C=CC(=O)NCc2cccc(CN3CCOCC3)c2)cc1. The number of hydrogen-bond donors (Lipinski definition) is 1. The van der Waals surface area contributed by atoms with Gasteiger partial charge in [0, 0.05) is 32.3 Å². The van der Waals surface area contributed by atoms with Gasteiger partial charge in [-0.25, -0.2) is 0 Å². The highest BCUT2D eigenvalue weighted by atomic mass is 16.5. The molecule has 6 nitrogen and oxygen atoms in total. The minimum absolute atomic E-state index is 0.0191. The predicted molar refractivity (Wildman–Crippen MR) is 111 cm³/mol. The van der Waals surface area contributed by atoms with Crippen molar-refractivity contribution in [2.24, 2.45) is 0 Å². The number of rotatable bonds is 8. The van der Waals surface area contributed by atoms with Crippen LogP contribution in [0.5, 0.6) is 5.75 Å². The van der Waals surface area contributed by atoms with Crippen molar-refractivity contribution in [1.29, 1.82) is 5.26 Å². The number of carbonyl (C=O) groups excluding carboxylic acids is 1. The summed E-state index contributed by atoms with van der Waals surface area (Å²) < 4.78 is 10.6. The topological polar surface area (TPSA) is 74.6 Å². The number of nitrogens with zero attached hydrogens (tertiary/aromatic N) is 2. The third-order valence-corrected chi connectivity index (χ3v) is 4.58. The normalized spacial score (nSPS) is 14.4. The van der Waals surface area contributed by atoms with Gasteiger partial charge in [-0.05, 0) is 34.9 Å². The van der Waals surface area contributed by atoms with E-state index >= 15 is 0 Å². The Bertz CT molecular complexity index is 866. The van der Waals surface area contributed by atoms with Crippen LogP contribution in [0.2, 0.25) is 0 Å². The summed E-state index contributed by atoms with van der Waals surface area (Å²) in [4.78, 5) is 14.5. The van der Waals surface area contributed by atoms with Crippen molar-refractivity contribution in [3.05, 3.63) is 71.3 Å². The molecule has 0 aromatic heterocycles. The smallest absolute Gasteiger partial charge is 0.244 e. The van der Waals surface area contributed by atoms with Gasteiger partial charge in [0.25, 0.3) is 0 Å². The van der Waals surface area contributed by atoms with Gasteiger partial charge in [-0.2, -0.15) is 5.26 Å². The van der Waals surface area contributed by atoms with E-state index in [1.165, 1.54) is 11.6 Å². The van der Waals surface area contributed by atoms with Crippen LogP contribution in [0, 0.1) is 11.3 Å². The van der Waals surface area contributed by atoms with Crippen LogP contribution in [0.15, 0.2) is 54.6 Å². The molecule has 0 saturated carbocycles. The summed E-state index contributed by atoms with van der Waals surface area (Å²) in [5, 5.41) is 11.4. The molecule has 1 amide bonds. The molecule has 3 rings (SSSR count). The number of benzene rings is 2. The second kappa shape index (κ2) is 11.0. The fraction of sp³-hybridized carbons (Fsp3) is 0.304. The van der Waals surface area contributed by atoms with Crippen LogP contribution in [0.1, 0.15) is 16.7 Å². The maximum Gasteiger partial charge on any atom is 0.244 e. The van der Waals surface area contributed by atoms with Crippen molar-refractivity contribution < 1.29 is 14.3 Å². The fourth-order valence-electron chi connectivity index (χ4n) is 3.07. The maximum atomic E-state index is 12.1. The first-order chi connectivity index (χ1) is 14.2. The van der Waals surface area contributed by atoms with Crippen LogP contribution in [0.3, 0.4) is 0 Å². The van der Waals surface area contributed by atoms with Crippen molar-refractivity contribution in [2.45, 2.75) is 13.1 Å². The van der Waals surface area contributed by atoms with Gasteiger partial charge in [-0.3, -0.25) is 9.69 Å². The second-order valence-corrected chi connectivity index (χ2v) is 6.78. The first kappa shape index (κ1) is 20.6. The lowest BCUT2D eigenvalue weighted by molar-refractivity contribution is -0.116. The number of amides is 1. The third-order valence-electron chi connectivity index (χ3n) is 4.58. The van der Waals surface area contributed by atoms with E-state index in [1.807, 2.05) is 30.3 Å². The molecule has 0 unspecified atom stereocenters. The van der Waals surface area contributed by atoms with Crippen LogP contribution >= 0.6 is 0 Å². The molecule has 2 aromatic carbocycles. The first-order valence-corrected chi connectivity index (χ1v) is 9.66. The second-order valence-electron chi connectivity index (χ2n) is 6.78. The monoisotopic (exact) mass is 391 g/mol. The molecule has 0 aliphatic carbocycles. The summed E-state index contributed by atoms with van der Waals surface area (Å²) in [7, 11) is 0. The Morgan fingerprint density at radius 2 is 1.93 bits per heavy atom. The Labute approximate surface area is 171 Å². The lowest BCUT2D eigenvalue weighted by Gasteiger charge is -2.26. The molecule has 1 N–H and O–H groups in total. The van der Waals surface area contributed by atoms with E-state index in [4.69, 9.17) is 14.7 Å². The molecule has 1 aliphatic rings. The number of carbonyl (C=O) groups is 1. The van der Waals surface area contributed by atoms with E-state index in [-0.39, 0.29) is 12.5 Å². The molecule has 0 bridgehead atoms. The van der Waals surface area contributed by atoms with Crippen LogP contribution in [0.25, 0.3) is 6.08 Å². The summed E-state index contributed by atoms with van der Waals surface area (Å²) >= 11 is 0. The van der Waals surface area contributed by atoms with Gasteiger partial charge < -0.3 is 14.8 Å². The van der Waals surface area contributed by atoms with E-state index in [1.54, 1.807) is 18.2 Å². The lowest BCUT2D eigenvalue weighted by atomic mass is 10.1. The molecule has 1 saturated heterocycles. The Morgan fingerprint density at radius 1 is 1.17 bits per heavy atom. The highest BCUT2D eigenvalue weighted by Crippen LogP contribution is 2.13. The summed E-state index contributed by atoms with van der Waals surface area (Å²) in [5.74, 6) is 0.485. The summed E-state index contributed by atoms with van der Waals surface area (Å²) in [6, 6.07) is 17.5. The van der Waals surface area contributed by atoms with Gasteiger partial charge in [0.05, 0.1) is 13.2 Å². The van der Waals surface area contributed by atoms with Crippen molar-refractivity contribution in [1.82, 2.24) is 10.2 Å². The number of nitriles is 1. The molecule has 150 valence electrons. The zero-order valence-corrected chi connectivity index (χ0v) is 16.3. The maximum absolute atomic E-state index is 12.1. The van der Waals surface area contributed by atoms with E-state index < -0.39 is 0 Å². The van der Waals surface area contributed by atoms with Crippen LogP contribution < -0.4 is 10.1 Å². The number of morpholine rings is 1. The Kier molecular flexibility index (Phi) is 7.81. The largest absolute Gasteiger partial charge is 0.479 e. The quantitative estimate of drug-likeness (QED) is 0.701. The molecule has 2 aromatic rings. The molecule has 29 heavy (non-hydrogen) atoms. The van der Waals surface area contributed by atoms with Crippen LogP contribution in [-0.4, -0.2) is 43.7 Å². The van der Waals surface area contributed by atoms with Gasteiger partial charge in [0.15, 0.2) is 6.61 Å². The van der Waals surface area contributed by atoms with E-state index in [9.17, 15) is 4.79 Å². The molecule has 6 heteroatoms. The molecule has 1 fully saturated rings. The lowest BCUT2D eigenvalue weighted by Crippen LogP contribution is -2.35. The van der Waals surface area contributed by atoms with Crippen molar-refractivity contribution >= 4 is 12.0 Å². The highest BCUT2D eigenvalue weighted by molar-refractivity contribution is 5.91. The summed E-state index contributed by atoms with van der Waals surface area (Å²) in [6.07, 6.45) is 3.26. The molecule has 0 radical (unpaired) electrons. The Hall–Kier alpha value is -3.14. The Balaban J connectivity index is 1.46. The van der Waals surface area contributed by atoms with Gasteiger partial charge >= 0.3 is 0 Å². The van der Waals surface area contributed by atoms with Crippen molar-refractivity contribution in [3.63, 3.8) is 0 Å². The average Bonchev–Trinajstić information content (AvgIpc) is 2.76. The Morgan fingerprint density at radius 3 is 2.69 bits per heavy atom. The minimum atomic E-state index is -0.145. The van der Waals surface area contributed by atoms with Gasteiger partial charge in [0.1, 0.15) is 11.8 Å². The molecule has 0 spiro atoms. The van der Waals surface area contributed by atoms with Gasteiger partial charge in [0.2, 0.25) is 5.91 Å². The number of hydrogen-bond acceptors (Lipinski definition) is 5. The predicted octanol–water partition coefficient (Wildman–Crippen LogP) is 2.75. The zero-order valence-electron chi connectivity index (χ0n) is 16.3. The summed E-state index contributed by atoms with van der Waals surface area (Å²) in [5.41, 5.74) is 3.21. The van der Waals surface area contributed by atoms with E-state index in [0.29, 0.717) is 12.3 Å². The van der Waals surface area contributed by atoms with Crippen LogP contribution in [0.4, 0.5) is 0 Å². The standard InChI is InChI=1S/C23H25N3O3/c24-10-13-29-22-7-4-19(5-8-22)6-9-23(27)25-17-20-2-1-3-21(16-20)18-26-11-14-28-15-12-26/h1-9,16H,11-15,17-18H2,(H,25,27). The number of nitrogens with one attached hydrogen (secondary N) is 1. The molecule has 0 atom stereocenters. The highest BCUT2D eigenvalue weighted by Gasteiger charge is 2.10. The molecule has 1 heterocycles. The van der Waals surface area contributed by atoms with Crippen LogP contribution in [-0.2, 0) is 22.6 Å². The summed E-state index contributed by atoms with van der Waals surface area (Å²) in [6.45, 7) is 4.90. The molecular weight excluding hydrogens is 366 g/mol. The third kappa shape index (κ3) is 7.07. The van der Waals surface area contributed by atoms with Crippen molar-refractivity contribution in [3.8, 4) is 11.8 Å². The van der Waals surface area contributed by atoms with Gasteiger partial charge in [-0.15, -0.1) is 0 Å². The molecule has 1 aliphatic heterocycles.